The molecular formula is C25H45N3O4. The van der Waals surface area contributed by atoms with Crippen LogP contribution >= 0.6 is 0 Å². The lowest BCUT2D eigenvalue weighted by molar-refractivity contribution is -0.177. The second-order valence-electron chi connectivity index (χ2n) is 9.19. The van der Waals surface area contributed by atoms with E-state index in [1.807, 2.05) is 39.8 Å². The SMILES string of the molecule is C=CCCCCNC(=O)[C@@H](NC(=O)[C@H](CCCC=C)CN(C=O)OCCCC)C(C)(C)C. The molecule has 0 aliphatic rings. The third kappa shape index (κ3) is 13.3. The first-order valence-corrected chi connectivity index (χ1v) is 11.9. The molecule has 0 unspecified atom stereocenters. The monoisotopic (exact) mass is 451 g/mol. The van der Waals surface area contributed by atoms with Crippen molar-refractivity contribution in [2.45, 2.75) is 85.1 Å². The highest BCUT2D eigenvalue weighted by Gasteiger charge is 2.34. The van der Waals surface area contributed by atoms with E-state index in [0.717, 1.165) is 44.9 Å². The smallest absolute Gasteiger partial charge is 0.243 e. The summed E-state index contributed by atoms with van der Waals surface area (Å²) in [6.45, 7) is 16.4. The van der Waals surface area contributed by atoms with Crippen molar-refractivity contribution in [1.82, 2.24) is 15.7 Å². The lowest BCUT2D eigenvalue weighted by Gasteiger charge is -2.32. The number of allylic oxidation sites excluding steroid dienone is 2. The molecule has 0 aliphatic heterocycles. The summed E-state index contributed by atoms with van der Waals surface area (Å²) in [4.78, 5) is 43.0. The van der Waals surface area contributed by atoms with Gasteiger partial charge in [-0.3, -0.25) is 19.2 Å². The fourth-order valence-corrected chi connectivity index (χ4v) is 3.15. The highest BCUT2D eigenvalue weighted by atomic mass is 16.7. The normalized spacial score (nSPS) is 13.0. The quantitative estimate of drug-likeness (QED) is 0.134. The summed E-state index contributed by atoms with van der Waals surface area (Å²) < 4.78 is 0. The van der Waals surface area contributed by atoms with E-state index < -0.39 is 17.4 Å². The minimum atomic E-state index is -0.679. The van der Waals surface area contributed by atoms with Crippen LogP contribution in [-0.2, 0) is 19.2 Å². The molecule has 0 saturated heterocycles. The van der Waals surface area contributed by atoms with E-state index in [4.69, 9.17) is 4.84 Å². The van der Waals surface area contributed by atoms with Gasteiger partial charge >= 0.3 is 0 Å². The average molecular weight is 452 g/mol. The van der Waals surface area contributed by atoms with Gasteiger partial charge in [0.1, 0.15) is 6.04 Å². The number of hydroxylamine groups is 2. The van der Waals surface area contributed by atoms with Gasteiger partial charge in [-0.1, -0.05) is 46.3 Å². The maximum atomic E-state index is 13.2. The predicted molar refractivity (Wildman–Crippen MR) is 130 cm³/mol. The van der Waals surface area contributed by atoms with E-state index in [1.165, 1.54) is 5.06 Å². The van der Waals surface area contributed by atoms with Crippen LogP contribution in [0.1, 0.15) is 79.1 Å². The van der Waals surface area contributed by atoms with Gasteiger partial charge in [-0.15, -0.1) is 13.2 Å². The van der Waals surface area contributed by atoms with Crippen LogP contribution in [0.25, 0.3) is 0 Å². The Morgan fingerprint density at radius 2 is 1.69 bits per heavy atom. The standard InChI is InChI=1S/C25H45N3O4/c1-7-10-13-15-17-26-24(31)22(25(4,5)6)27-23(30)21(16-14-11-8-2)19-28(20-29)32-18-12-9-3/h7-8,20-22H,1-2,9-19H2,3-6H3,(H,26,31)(H,27,30)/t21-,22-/m1/s1. The van der Waals surface area contributed by atoms with Gasteiger partial charge in [0.15, 0.2) is 0 Å². The molecule has 7 heteroatoms. The third-order valence-corrected chi connectivity index (χ3v) is 5.15. The molecule has 0 aliphatic carbocycles. The first-order valence-electron chi connectivity index (χ1n) is 11.9. The molecule has 3 amide bonds. The Bertz CT molecular complexity index is 572. The summed E-state index contributed by atoms with van der Waals surface area (Å²) in [6.07, 6.45) is 10.9. The van der Waals surface area contributed by atoms with Gasteiger partial charge in [-0.2, -0.15) is 0 Å². The fourth-order valence-electron chi connectivity index (χ4n) is 3.15. The zero-order valence-electron chi connectivity index (χ0n) is 20.7. The first kappa shape index (κ1) is 29.9. The van der Waals surface area contributed by atoms with E-state index in [-0.39, 0.29) is 18.4 Å². The average Bonchev–Trinajstić information content (AvgIpc) is 2.74. The second kappa shape index (κ2) is 17.4. The Kier molecular flexibility index (Phi) is 16.2. The molecule has 0 fully saturated rings. The number of unbranched alkanes of at least 4 members (excludes halogenated alkanes) is 4. The topological polar surface area (TPSA) is 87.7 Å². The highest BCUT2D eigenvalue weighted by Crippen LogP contribution is 2.21. The van der Waals surface area contributed by atoms with Crippen molar-refractivity contribution in [3.8, 4) is 0 Å². The van der Waals surface area contributed by atoms with Crippen LogP contribution in [0.3, 0.4) is 0 Å². The molecule has 2 N–H and O–H groups in total. The van der Waals surface area contributed by atoms with Gasteiger partial charge < -0.3 is 10.6 Å². The van der Waals surface area contributed by atoms with E-state index in [1.54, 1.807) is 0 Å². The number of nitrogens with one attached hydrogen (secondary N) is 2. The molecule has 2 atom stereocenters. The van der Waals surface area contributed by atoms with Crippen molar-refractivity contribution >= 4 is 18.2 Å². The molecule has 0 spiro atoms. The molecule has 0 aromatic carbocycles. The van der Waals surface area contributed by atoms with Crippen molar-refractivity contribution in [1.29, 1.82) is 0 Å². The minimum absolute atomic E-state index is 0.149. The first-order chi connectivity index (χ1) is 15.2. The second-order valence-corrected chi connectivity index (χ2v) is 9.19. The number of nitrogens with zero attached hydrogens (tertiary/aromatic N) is 1. The summed E-state index contributed by atoms with van der Waals surface area (Å²) in [7, 11) is 0. The van der Waals surface area contributed by atoms with E-state index >= 15 is 0 Å². The Morgan fingerprint density at radius 1 is 1.03 bits per heavy atom. The van der Waals surface area contributed by atoms with Crippen LogP contribution in [-0.4, -0.2) is 49.0 Å². The van der Waals surface area contributed by atoms with Gasteiger partial charge in [0.2, 0.25) is 18.2 Å². The zero-order valence-corrected chi connectivity index (χ0v) is 20.7. The van der Waals surface area contributed by atoms with E-state index in [2.05, 4.69) is 23.8 Å². The lowest BCUT2D eigenvalue weighted by Crippen LogP contribution is -2.55. The summed E-state index contributed by atoms with van der Waals surface area (Å²) in [5, 5.41) is 7.07. The summed E-state index contributed by atoms with van der Waals surface area (Å²) in [6, 6.07) is -0.679. The molecule has 0 rings (SSSR count). The molecule has 0 radical (unpaired) electrons. The van der Waals surface area contributed by atoms with E-state index in [0.29, 0.717) is 26.0 Å². The molecule has 32 heavy (non-hydrogen) atoms. The van der Waals surface area contributed by atoms with Crippen LogP contribution in [0.15, 0.2) is 25.3 Å². The number of carbonyl (C=O) groups excluding carboxylic acids is 3. The molecule has 0 heterocycles. The Balaban J connectivity index is 5.18. The van der Waals surface area contributed by atoms with Gasteiger partial charge in [0, 0.05) is 6.54 Å². The van der Waals surface area contributed by atoms with Crippen molar-refractivity contribution in [2.75, 3.05) is 19.7 Å². The Morgan fingerprint density at radius 3 is 2.25 bits per heavy atom. The van der Waals surface area contributed by atoms with Gasteiger partial charge in [-0.25, -0.2) is 5.06 Å². The molecule has 0 aromatic heterocycles. The van der Waals surface area contributed by atoms with E-state index in [9.17, 15) is 14.4 Å². The summed E-state index contributed by atoms with van der Waals surface area (Å²) >= 11 is 0. The van der Waals surface area contributed by atoms with Crippen molar-refractivity contribution in [2.24, 2.45) is 11.3 Å². The van der Waals surface area contributed by atoms with Gasteiger partial charge in [0.05, 0.1) is 19.1 Å². The molecular weight excluding hydrogens is 406 g/mol. The maximum Gasteiger partial charge on any atom is 0.243 e. The number of rotatable bonds is 19. The van der Waals surface area contributed by atoms with Crippen LogP contribution in [0.4, 0.5) is 0 Å². The van der Waals surface area contributed by atoms with Crippen molar-refractivity contribution < 1.29 is 19.2 Å². The molecule has 0 bridgehead atoms. The van der Waals surface area contributed by atoms with Crippen LogP contribution in [0, 0.1) is 11.3 Å². The molecule has 0 saturated carbocycles. The Labute approximate surface area is 195 Å². The maximum absolute atomic E-state index is 13.2. The number of carbonyl (C=O) groups is 3. The zero-order chi connectivity index (χ0) is 24.4. The van der Waals surface area contributed by atoms with Crippen LogP contribution in [0.5, 0.6) is 0 Å². The largest absolute Gasteiger partial charge is 0.354 e. The third-order valence-electron chi connectivity index (χ3n) is 5.15. The minimum Gasteiger partial charge on any atom is -0.354 e. The summed E-state index contributed by atoms with van der Waals surface area (Å²) in [5.74, 6) is -0.922. The number of amides is 3. The number of hydrogen-bond donors (Lipinski definition) is 2. The van der Waals surface area contributed by atoms with Gasteiger partial charge in [-0.05, 0) is 50.4 Å². The molecule has 0 aromatic rings. The summed E-state index contributed by atoms with van der Waals surface area (Å²) in [5.41, 5.74) is -0.464. The molecule has 7 nitrogen and oxygen atoms in total. The van der Waals surface area contributed by atoms with Gasteiger partial charge in [0.25, 0.3) is 0 Å². The Hall–Kier alpha value is -2.15. The van der Waals surface area contributed by atoms with Crippen LogP contribution in [0.2, 0.25) is 0 Å². The van der Waals surface area contributed by atoms with Crippen molar-refractivity contribution in [3.05, 3.63) is 25.3 Å². The highest BCUT2D eigenvalue weighted by molar-refractivity contribution is 5.89. The molecule has 184 valence electrons. The lowest BCUT2D eigenvalue weighted by atomic mass is 9.85. The van der Waals surface area contributed by atoms with Crippen molar-refractivity contribution in [3.63, 3.8) is 0 Å². The predicted octanol–water partition coefficient (Wildman–Crippen LogP) is 4.15. The van der Waals surface area contributed by atoms with Crippen LogP contribution < -0.4 is 10.6 Å². The number of hydrogen-bond acceptors (Lipinski definition) is 4. The fraction of sp³-hybridized carbons (Fsp3) is 0.720.